The topological polar surface area (TPSA) is 52.7 Å². The van der Waals surface area contributed by atoms with Crippen molar-refractivity contribution in [3.05, 3.63) is 0 Å². The summed E-state index contributed by atoms with van der Waals surface area (Å²) in [6.45, 7) is 7.95. The largest absolute Gasteiger partial charge is 0.314 e. The zero-order valence-electron chi connectivity index (χ0n) is 12.7. The van der Waals surface area contributed by atoms with Crippen molar-refractivity contribution >= 4 is 10.2 Å². The van der Waals surface area contributed by atoms with Gasteiger partial charge in [-0.05, 0) is 32.2 Å². The summed E-state index contributed by atoms with van der Waals surface area (Å²) in [7, 11) is -1.56. The lowest BCUT2D eigenvalue weighted by molar-refractivity contribution is 0.238. The number of nitrogens with one attached hydrogen (secondary N) is 1. The van der Waals surface area contributed by atoms with Crippen molar-refractivity contribution in [2.75, 3.05) is 26.7 Å². The SMILES string of the molecule is CCNC1CCC(N(C)S(=O)(=O)N(CC)CC)CC1. The first-order valence-electron chi connectivity index (χ1n) is 7.43. The molecule has 0 spiro atoms. The van der Waals surface area contributed by atoms with Crippen molar-refractivity contribution in [3.8, 4) is 0 Å². The fourth-order valence-electron chi connectivity index (χ4n) is 2.85. The van der Waals surface area contributed by atoms with Crippen LogP contribution in [0.2, 0.25) is 0 Å². The van der Waals surface area contributed by atoms with Gasteiger partial charge in [0, 0.05) is 32.2 Å². The predicted octanol–water partition coefficient (Wildman–Crippen LogP) is 1.43. The molecule has 1 fully saturated rings. The second-order valence-corrected chi connectivity index (χ2v) is 7.16. The highest BCUT2D eigenvalue weighted by molar-refractivity contribution is 7.86. The lowest BCUT2D eigenvalue weighted by Gasteiger charge is -2.36. The molecule has 0 saturated heterocycles. The minimum absolute atomic E-state index is 0.153. The Bertz CT molecular complexity index is 347. The van der Waals surface area contributed by atoms with E-state index >= 15 is 0 Å². The molecule has 0 bridgehead atoms. The van der Waals surface area contributed by atoms with Gasteiger partial charge in [-0.1, -0.05) is 20.8 Å². The van der Waals surface area contributed by atoms with E-state index in [4.69, 9.17) is 0 Å². The molecule has 1 aliphatic rings. The zero-order chi connectivity index (χ0) is 14.5. The number of rotatable bonds is 7. The normalized spacial score (nSPS) is 25.2. The van der Waals surface area contributed by atoms with E-state index in [0.29, 0.717) is 19.1 Å². The van der Waals surface area contributed by atoms with Crippen LogP contribution in [0.4, 0.5) is 0 Å². The second kappa shape index (κ2) is 7.57. The van der Waals surface area contributed by atoms with Gasteiger partial charge >= 0.3 is 0 Å². The first kappa shape index (κ1) is 16.9. The molecule has 6 heteroatoms. The third-order valence-corrected chi connectivity index (χ3v) is 6.29. The van der Waals surface area contributed by atoms with Gasteiger partial charge in [-0.3, -0.25) is 0 Å². The van der Waals surface area contributed by atoms with Crippen LogP contribution in [0.3, 0.4) is 0 Å². The Morgan fingerprint density at radius 3 is 2.00 bits per heavy atom. The monoisotopic (exact) mass is 291 g/mol. The standard InChI is InChI=1S/C13H29N3O2S/c1-5-14-12-8-10-13(11-9-12)15(4)19(17,18)16(6-2)7-3/h12-14H,5-11H2,1-4H3. The number of hydrogen-bond donors (Lipinski definition) is 1. The molecule has 0 heterocycles. The first-order chi connectivity index (χ1) is 8.97. The van der Waals surface area contributed by atoms with Gasteiger partial charge in [0.1, 0.15) is 0 Å². The lowest BCUT2D eigenvalue weighted by Crippen LogP contribution is -2.48. The molecule has 0 radical (unpaired) electrons. The van der Waals surface area contributed by atoms with Crippen LogP contribution in [0, 0.1) is 0 Å². The molecule has 114 valence electrons. The van der Waals surface area contributed by atoms with Gasteiger partial charge in [0.15, 0.2) is 0 Å². The minimum Gasteiger partial charge on any atom is -0.314 e. The van der Waals surface area contributed by atoms with Crippen LogP contribution >= 0.6 is 0 Å². The van der Waals surface area contributed by atoms with Crippen molar-refractivity contribution in [1.82, 2.24) is 13.9 Å². The Morgan fingerprint density at radius 1 is 1.05 bits per heavy atom. The third kappa shape index (κ3) is 4.15. The van der Waals surface area contributed by atoms with Crippen LogP contribution in [0.25, 0.3) is 0 Å². The zero-order valence-corrected chi connectivity index (χ0v) is 13.5. The highest BCUT2D eigenvalue weighted by Crippen LogP contribution is 2.25. The molecule has 5 nitrogen and oxygen atoms in total. The maximum atomic E-state index is 12.4. The predicted molar refractivity (Wildman–Crippen MR) is 79.3 cm³/mol. The van der Waals surface area contributed by atoms with Gasteiger partial charge in [-0.15, -0.1) is 0 Å². The molecule has 1 N–H and O–H groups in total. The molecule has 0 aromatic heterocycles. The Balaban J connectivity index is 2.62. The van der Waals surface area contributed by atoms with E-state index < -0.39 is 10.2 Å². The Hall–Kier alpha value is -0.170. The van der Waals surface area contributed by atoms with E-state index in [1.807, 2.05) is 13.8 Å². The van der Waals surface area contributed by atoms with E-state index in [9.17, 15) is 8.42 Å². The molecular formula is C13H29N3O2S. The van der Waals surface area contributed by atoms with Gasteiger partial charge in [0.2, 0.25) is 0 Å². The molecule has 1 rings (SSSR count). The molecule has 0 atom stereocenters. The van der Waals surface area contributed by atoms with E-state index in [-0.39, 0.29) is 6.04 Å². The summed E-state index contributed by atoms with van der Waals surface area (Å²) >= 11 is 0. The molecule has 19 heavy (non-hydrogen) atoms. The minimum atomic E-state index is -3.28. The van der Waals surface area contributed by atoms with Crippen molar-refractivity contribution in [1.29, 1.82) is 0 Å². The quantitative estimate of drug-likeness (QED) is 0.772. The Morgan fingerprint density at radius 2 is 1.58 bits per heavy atom. The van der Waals surface area contributed by atoms with Crippen LogP contribution in [0.15, 0.2) is 0 Å². The summed E-state index contributed by atoms with van der Waals surface area (Å²) in [5, 5.41) is 3.45. The molecule has 0 unspecified atom stereocenters. The van der Waals surface area contributed by atoms with Gasteiger partial charge in [0.25, 0.3) is 10.2 Å². The third-order valence-electron chi connectivity index (χ3n) is 4.10. The summed E-state index contributed by atoms with van der Waals surface area (Å²) in [6.07, 6.45) is 4.04. The molecule has 0 aliphatic heterocycles. The Kier molecular flexibility index (Phi) is 6.73. The van der Waals surface area contributed by atoms with Crippen LogP contribution < -0.4 is 5.32 Å². The van der Waals surface area contributed by atoms with E-state index in [1.165, 1.54) is 4.31 Å². The van der Waals surface area contributed by atoms with Crippen LogP contribution in [0.5, 0.6) is 0 Å². The average molecular weight is 291 g/mol. The van der Waals surface area contributed by atoms with Gasteiger partial charge < -0.3 is 5.32 Å². The van der Waals surface area contributed by atoms with E-state index in [1.54, 1.807) is 11.4 Å². The molecule has 0 aromatic carbocycles. The fraction of sp³-hybridized carbons (Fsp3) is 1.00. The van der Waals surface area contributed by atoms with Crippen molar-refractivity contribution < 1.29 is 8.42 Å². The maximum absolute atomic E-state index is 12.4. The summed E-state index contributed by atoms with van der Waals surface area (Å²) in [6, 6.07) is 0.714. The van der Waals surface area contributed by atoms with Crippen LogP contribution in [-0.4, -0.2) is 55.8 Å². The average Bonchev–Trinajstić information content (AvgIpc) is 2.40. The molecular weight excluding hydrogens is 262 g/mol. The van der Waals surface area contributed by atoms with Gasteiger partial charge in [0.05, 0.1) is 0 Å². The number of hydrogen-bond acceptors (Lipinski definition) is 3. The second-order valence-electron chi connectivity index (χ2n) is 5.17. The highest BCUT2D eigenvalue weighted by Gasteiger charge is 2.32. The maximum Gasteiger partial charge on any atom is 0.281 e. The van der Waals surface area contributed by atoms with Crippen molar-refractivity contribution in [3.63, 3.8) is 0 Å². The first-order valence-corrected chi connectivity index (χ1v) is 8.83. The summed E-state index contributed by atoms with van der Waals surface area (Å²) < 4.78 is 28.0. The fourth-order valence-corrected chi connectivity index (χ4v) is 4.46. The van der Waals surface area contributed by atoms with Crippen LogP contribution in [-0.2, 0) is 10.2 Å². The summed E-state index contributed by atoms with van der Waals surface area (Å²) in [4.78, 5) is 0. The summed E-state index contributed by atoms with van der Waals surface area (Å²) in [5.41, 5.74) is 0. The van der Waals surface area contributed by atoms with E-state index in [0.717, 1.165) is 32.2 Å². The highest BCUT2D eigenvalue weighted by atomic mass is 32.2. The van der Waals surface area contributed by atoms with E-state index in [2.05, 4.69) is 12.2 Å². The molecule has 1 aliphatic carbocycles. The molecule has 1 saturated carbocycles. The smallest absolute Gasteiger partial charge is 0.281 e. The summed E-state index contributed by atoms with van der Waals surface area (Å²) in [5.74, 6) is 0. The van der Waals surface area contributed by atoms with Crippen LogP contribution in [0.1, 0.15) is 46.5 Å². The van der Waals surface area contributed by atoms with Gasteiger partial charge in [-0.25, -0.2) is 0 Å². The molecule has 0 amide bonds. The lowest BCUT2D eigenvalue weighted by atomic mass is 9.91. The van der Waals surface area contributed by atoms with Crippen molar-refractivity contribution in [2.45, 2.75) is 58.5 Å². The molecule has 0 aromatic rings. The van der Waals surface area contributed by atoms with Crippen molar-refractivity contribution in [2.24, 2.45) is 0 Å². The number of nitrogens with zero attached hydrogens (tertiary/aromatic N) is 2. The Labute approximate surface area is 118 Å². The van der Waals surface area contributed by atoms with Gasteiger partial charge in [-0.2, -0.15) is 17.0 Å².